The van der Waals surface area contributed by atoms with Crippen molar-refractivity contribution in [2.75, 3.05) is 13.2 Å². The van der Waals surface area contributed by atoms with Crippen LogP contribution in [0.2, 0.25) is 0 Å². The summed E-state index contributed by atoms with van der Waals surface area (Å²) in [4.78, 5) is 35.7. The molecule has 0 amide bonds. The molecule has 0 aromatic heterocycles. The molecule has 0 aromatic rings. The SMILES string of the molecule is CC/C=C\C/C=C\C/C=C\CCCCCCCC(=O)OC[C@H](COP(=O)(O)OC1[C@H](O)[C@H](O)C(O)[C@H](O)[C@H]1O)OC(=O)CCC/C=C\CC1OC1C/C=C\C/C=C\CCCCC. The van der Waals surface area contributed by atoms with Crippen molar-refractivity contribution in [3.63, 3.8) is 0 Å². The lowest BCUT2D eigenvalue weighted by Crippen LogP contribution is -2.64. The normalized spacial score (nSPS) is 25.8. The van der Waals surface area contributed by atoms with Gasteiger partial charge in [0.05, 0.1) is 18.8 Å². The highest BCUT2D eigenvalue weighted by Crippen LogP contribution is 2.47. The average molecular weight is 897 g/mol. The molecule has 1 saturated heterocycles. The fourth-order valence-corrected chi connectivity index (χ4v) is 7.60. The largest absolute Gasteiger partial charge is 0.472 e. The van der Waals surface area contributed by atoms with Gasteiger partial charge in [0.1, 0.15) is 43.2 Å². The lowest BCUT2D eigenvalue weighted by Gasteiger charge is -2.41. The number of ether oxygens (including phenoxy) is 3. The van der Waals surface area contributed by atoms with E-state index in [1.807, 2.05) is 12.2 Å². The van der Waals surface area contributed by atoms with E-state index in [4.69, 9.17) is 23.3 Å². The number of carbonyl (C=O) groups is 2. The van der Waals surface area contributed by atoms with E-state index in [-0.39, 0.29) is 25.0 Å². The number of esters is 2. The number of allylic oxidation sites excluding steroid dienone is 10. The van der Waals surface area contributed by atoms with Crippen LogP contribution in [0.15, 0.2) is 72.9 Å². The molecule has 1 saturated carbocycles. The molecule has 0 spiro atoms. The second-order valence-corrected chi connectivity index (χ2v) is 17.3. The first-order valence-electron chi connectivity index (χ1n) is 22.9. The Bertz CT molecular complexity index is 1430. The molecule has 15 heteroatoms. The van der Waals surface area contributed by atoms with Crippen molar-refractivity contribution in [2.24, 2.45) is 0 Å². The lowest BCUT2D eigenvalue weighted by molar-refractivity contribution is -0.220. The third-order valence-electron chi connectivity index (χ3n) is 10.4. The fourth-order valence-electron chi connectivity index (χ4n) is 6.63. The summed E-state index contributed by atoms with van der Waals surface area (Å²) < 4.78 is 39.2. The third-order valence-corrected chi connectivity index (χ3v) is 11.4. The van der Waals surface area contributed by atoms with Gasteiger partial charge in [-0.05, 0) is 83.5 Å². The zero-order chi connectivity index (χ0) is 45.4. The highest BCUT2D eigenvalue weighted by atomic mass is 31.2. The zero-order valence-electron chi connectivity index (χ0n) is 37.1. The van der Waals surface area contributed by atoms with Crippen molar-refractivity contribution in [1.29, 1.82) is 0 Å². The molecule has 2 aliphatic rings. The molecule has 2 rings (SSSR count). The number of hydrogen-bond acceptors (Lipinski definition) is 13. The van der Waals surface area contributed by atoms with Crippen LogP contribution < -0.4 is 0 Å². The summed E-state index contributed by atoms with van der Waals surface area (Å²) in [6.07, 6.45) is 29.8. The standard InChI is InChI=1S/C47H77O14P/c1-3-5-7-9-11-13-14-15-16-17-18-20-22-24-29-33-40(48)57-35-37(36-58-62(55,56)61-47-45(53)43(51)42(50)44(52)46(47)54)59-41(49)34-30-26-25-28-32-39-38(60-39)31-27-23-21-19-12-10-8-6-4-2/h5,7,11-13,15-16,19,23,25,27-28,37-39,42-47,50-54H,3-4,6,8-10,14,17-18,20-22,24,26,29-36H2,1-2H3,(H,55,56)/b7-5-,13-11-,16-15-,19-12-,27-23-,28-25-/t37-,38?,39?,42?,43-,44+,45-,46-,47?/m1/s1. The monoisotopic (exact) mass is 897 g/mol. The smallest absolute Gasteiger partial charge is 0.462 e. The molecule has 6 N–H and O–H groups in total. The Labute approximate surface area is 370 Å². The fraction of sp³-hybridized carbons (Fsp3) is 0.702. The highest BCUT2D eigenvalue weighted by Gasteiger charge is 2.51. The maximum atomic E-state index is 12.8. The van der Waals surface area contributed by atoms with Gasteiger partial charge in [-0.25, -0.2) is 4.57 Å². The first-order chi connectivity index (χ1) is 29.9. The maximum absolute atomic E-state index is 12.8. The number of rotatable bonds is 35. The molecule has 1 aliphatic heterocycles. The predicted octanol–water partition coefficient (Wildman–Crippen LogP) is 7.71. The molecule has 1 aliphatic carbocycles. The van der Waals surface area contributed by atoms with Crippen molar-refractivity contribution in [2.45, 2.75) is 197 Å². The van der Waals surface area contributed by atoms with E-state index in [0.29, 0.717) is 19.3 Å². The summed E-state index contributed by atoms with van der Waals surface area (Å²) in [7, 11) is -5.15. The number of epoxide rings is 1. The maximum Gasteiger partial charge on any atom is 0.472 e. The number of aliphatic hydroxyl groups is 5. The summed E-state index contributed by atoms with van der Waals surface area (Å²) in [5.41, 5.74) is 0. The van der Waals surface area contributed by atoms with E-state index in [9.17, 15) is 44.6 Å². The van der Waals surface area contributed by atoms with Gasteiger partial charge in [0.15, 0.2) is 6.10 Å². The minimum Gasteiger partial charge on any atom is -0.462 e. The number of hydrogen-bond donors (Lipinski definition) is 6. The van der Waals surface area contributed by atoms with E-state index >= 15 is 0 Å². The van der Waals surface area contributed by atoms with Crippen molar-refractivity contribution in [3.8, 4) is 0 Å². The van der Waals surface area contributed by atoms with Gasteiger partial charge in [-0.1, -0.05) is 119 Å². The van der Waals surface area contributed by atoms with Crippen LogP contribution in [0.25, 0.3) is 0 Å². The Kier molecular flexibility index (Phi) is 30.1. The van der Waals surface area contributed by atoms with Crippen molar-refractivity contribution in [3.05, 3.63) is 72.9 Å². The minimum absolute atomic E-state index is 0.00477. The van der Waals surface area contributed by atoms with Crippen molar-refractivity contribution in [1.82, 2.24) is 0 Å². The Hall–Kier alpha value is -2.75. The van der Waals surface area contributed by atoms with Gasteiger partial charge in [-0.2, -0.15) is 0 Å². The number of phosphoric acid groups is 1. The molecule has 0 aromatic carbocycles. The molecule has 354 valence electrons. The molecule has 0 radical (unpaired) electrons. The Morgan fingerprint density at radius 2 is 1.06 bits per heavy atom. The Morgan fingerprint density at radius 3 is 1.69 bits per heavy atom. The van der Waals surface area contributed by atoms with Crippen LogP contribution in [-0.2, 0) is 37.4 Å². The van der Waals surface area contributed by atoms with Crippen LogP contribution in [0.5, 0.6) is 0 Å². The number of unbranched alkanes of at least 4 members (excludes halogenated alkanes) is 9. The molecule has 5 unspecified atom stereocenters. The van der Waals surface area contributed by atoms with E-state index in [1.165, 1.54) is 19.3 Å². The highest BCUT2D eigenvalue weighted by molar-refractivity contribution is 7.47. The van der Waals surface area contributed by atoms with Crippen LogP contribution in [0.3, 0.4) is 0 Å². The molecular weight excluding hydrogens is 819 g/mol. The summed E-state index contributed by atoms with van der Waals surface area (Å²) in [5, 5.41) is 50.2. The second-order valence-electron chi connectivity index (χ2n) is 15.9. The topological polar surface area (TPSA) is 222 Å². The van der Waals surface area contributed by atoms with Gasteiger partial charge in [-0.3, -0.25) is 18.6 Å². The Balaban J connectivity index is 1.76. The first-order valence-corrected chi connectivity index (χ1v) is 24.4. The van der Waals surface area contributed by atoms with Crippen molar-refractivity contribution < 1.29 is 67.8 Å². The van der Waals surface area contributed by atoms with E-state index in [2.05, 4.69) is 74.6 Å². The van der Waals surface area contributed by atoms with Crippen LogP contribution in [-0.4, -0.2) is 111 Å². The quantitative estimate of drug-likeness (QED) is 0.0118. The van der Waals surface area contributed by atoms with Gasteiger partial charge in [0.2, 0.25) is 0 Å². The summed E-state index contributed by atoms with van der Waals surface area (Å²) in [6.45, 7) is 3.07. The third kappa shape index (κ3) is 25.5. The number of carbonyl (C=O) groups excluding carboxylic acids is 2. The zero-order valence-corrected chi connectivity index (χ0v) is 38.0. The van der Waals surface area contributed by atoms with Crippen LogP contribution in [0.1, 0.15) is 142 Å². The average Bonchev–Trinajstić information content (AvgIpc) is 4.01. The van der Waals surface area contributed by atoms with Gasteiger partial charge in [0, 0.05) is 12.8 Å². The predicted molar refractivity (Wildman–Crippen MR) is 239 cm³/mol. The molecular formula is C47H77O14P. The Morgan fingerprint density at radius 1 is 0.581 bits per heavy atom. The molecule has 1 heterocycles. The van der Waals surface area contributed by atoms with Crippen molar-refractivity contribution >= 4 is 19.8 Å². The van der Waals surface area contributed by atoms with Crippen LogP contribution in [0, 0.1) is 0 Å². The lowest BCUT2D eigenvalue weighted by atomic mass is 9.85. The molecule has 14 nitrogen and oxygen atoms in total. The summed E-state index contributed by atoms with van der Waals surface area (Å²) >= 11 is 0. The summed E-state index contributed by atoms with van der Waals surface area (Å²) in [6, 6.07) is 0. The van der Waals surface area contributed by atoms with Gasteiger partial charge in [-0.15, -0.1) is 0 Å². The minimum atomic E-state index is -5.15. The summed E-state index contributed by atoms with van der Waals surface area (Å²) in [5.74, 6) is -1.20. The van der Waals surface area contributed by atoms with Crippen LogP contribution in [0.4, 0.5) is 0 Å². The molecule has 62 heavy (non-hydrogen) atoms. The molecule has 2 fully saturated rings. The first kappa shape index (κ1) is 55.4. The van der Waals surface area contributed by atoms with E-state index in [1.54, 1.807) is 0 Å². The second kappa shape index (κ2) is 33.7. The van der Waals surface area contributed by atoms with Gasteiger partial charge < -0.3 is 44.6 Å². The molecule has 10 atom stereocenters. The number of aliphatic hydroxyl groups excluding tert-OH is 5. The number of phosphoric ester groups is 1. The van der Waals surface area contributed by atoms with E-state index < -0.39 is 75.7 Å². The van der Waals surface area contributed by atoms with Gasteiger partial charge >= 0.3 is 19.8 Å². The van der Waals surface area contributed by atoms with E-state index in [0.717, 1.165) is 77.0 Å². The molecule has 0 bridgehead atoms. The van der Waals surface area contributed by atoms with Gasteiger partial charge in [0.25, 0.3) is 0 Å². The van der Waals surface area contributed by atoms with Crippen LogP contribution >= 0.6 is 7.82 Å².